The van der Waals surface area contributed by atoms with Crippen LogP contribution < -0.4 is 0 Å². The summed E-state index contributed by atoms with van der Waals surface area (Å²) in [5, 5.41) is 10.0. The van der Waals surface area contributed by atoms with Gasteiger partial charge in [-0.15, -0.1) is 0 Å². The van der Waals surface area contributed by atoms with Gasteiger partial charge in [-0.2, -0.15) is 0 Å². The van der Waals surface area contributed by atoms with Crippen molar-refractivity contribution < 1.29 is 14.6 Å². The second-order valence-corrected chi connectivity index (χ2v) is 3.47. The molecule has 15 heavy (non-hydrogen) atoms. The molecule has 82 valence electrons. The highest BCUT2D eigenvalue weighted by molar-refractivity contribution is 6.31. The fourth-order valence-corrected chi connectivity index (χ4v) is 1.41. The molecule has 3 nitrogen and oxygen atoms in total. The Labute approximate surface area is 93.6 Å². The summed E-state index contributed by atoms with van der Waals surface area (Å²) in [4.78, 5) is 11.1. The number of hydrogen-bond acceptors (Lipinski definition) is 3. The van der Waals surface area contributed by atoms with Gasteiger partial charge in [0.2, 0.25) is 0 Å². The molecule has 0 radical (unpaired) electrons. The number of esters is 1. The van der Waals surface area contributed by atoms with Crippen LogP contribution in [0.5, 0.6) is 0 Å². The third-order valence-electron chi connectivity index (χ3n) is 1.93. The minimum absolute atomic E-state index is 0.179. The van der Waals surface area contributed by atoms with Gasteiger partial charge in [-0.05, 0) is 18.6 Å². The normalized spacial score (nSPS) is 12.2. The van der Waals surface area contributed by atoms with Crippen molar-refractivity contribution in [2.75, 3.05) is 6.61 Å². The van der Waals surface area contributed by atoms with E-state index >= 15 is 0 Å². The molecule has 1 N–H and O–H groups in total. The molecule has 0 aliphatic carbocycles. The summed E-state index contributed by atoms with van der Waals surface area (Å²) in [6.07, 6.45) is -0.969. The second-order valence-electron chi connectivity index (χ2n) is 3.06. The standard InChI is InChI=1S/C11H13ClO3/c1-2-15-11(14)10(13)7-8-5-3-4-6-9(8)12/h3-6,10,13H,2,7H2,1H3. The molecule has 0 heterocycles. The summed E-state index contributed by atoms with van der Waals surface area (Å²) in [6, 6.07) is 7.08. The van der Waals surface area contributed by atoms with Crippen LogP contribution in [0.1, 0.15) is 12.5 Å². The second kappa shape index (κ2) is 5.73. The van der Waals surface area contributed by atoms with Gasteiger partial charge in [-0.25, -0.2) is 4.79 Å². The summed E-state index contributed by atoms with van der Waals surface area (Å²) in [7, 11) is 0. The number of halogens is 1. The monoisotopic (exact) mass is 228 g/mol. The highest BCUT2D eigenvalue weighted by atomic mass is 35.5. The lowest BCUT2D eigenvalue weighted by atomic mass is 10.1. The van der Waals surface area contributed by atoms with E-state index < -0.39 is 12.1 Å². The molecule has 0 fully saturated rings. The van der Waals surface area contributed by atoms with Crippen molar-refractivity contribution in [1.82, 2.24) is 0 Å². The molecule has 0 amide bonds. The van der Waals surface area contributed by atoms with Gasteiger partial charge in [0.05, 0.1) is 6.61 Å². The average molecular weight is 229 g/mol. The van der Waals surface area contributed by atoms with Crippen LogP contribution in [-0.4, -0.2) is 23.8 Å². The van der Waals surface area contributed by atoms with Crippen molar-refractivity contribution in [3.8, 4) is 0 Å². The van der Waals surface area contributed by atoms with E-state index in [0.29, 0.717) is 5.02 Å². The average Bonchev–Trinajstić information content (AvgIpc) is 2.21. The Morgan fingerprint density at radius 3 is 2.80 bits per heavy atom. The maximum absolute atomic E-state index is 11.1. The van der Waals surface area contributed by atoms with Crippen LogP contribution in [0.15, 0.2) is 24.3 Å². The van der Waals surface area contributed by atoms with Crippen LogP contribution in [0.3, 0.4) is 0 Å². The molecule has 1 aromatic rings. The fraction of sp³-hybridized carbons (Fsp3) is 0.364. The molecule has 1 unspecified atom stereocenters. The number of rotatable bonds is 4. The highest BCUT2D eigenvalue weighted by Crippen LogP contribution is 2.16. The first kappa shape index (κ1) is 12.0. The Bertz CT molecular complexity index is 338. The number of carbonyl (C=O) groups excluding carboxylic acids is 1. The zero-order valence-corrected chi connectivity index (χ0v) is 9.20. The van der Waals surface area contributed by atoms with Crippen LogP contribution in [0.25, 0.3) is 0 Å². The number of hydrogen-bond donors (Lipinski definition) is 1. The lowest BCUT2D eigenvalue weighted by Gasteiger charge is -2.10. The quantitative estimate of drug-likeness (QED) is 0.800. The molecule has 0 saturated heterocycles. The van der Waals surface area contributed by atoms with Crippen molar-refractivity contribution in [3.63, 3.8) is 0 Å². The molecule has 0 aliphatic rings. The number of carbonyl (C=O) groups is 1. The Morgan fingerprint density at radius 1 is 1.53 bits per heavy atom. The maximum atomic E-state index is 11.1. The third-order valence-corrected chi connectivity index (χ3v) is 2.30. The molecular weight excluding hydrogens is 216 g/mol. The van der Waals surface area contributed by atoms with E-state index in [2.05, 4.69) is 4.74 Å². The van der Waals surface area contributed by atoms with Crippen molar-refractivity contribution in [3.05, 3.63) is 34.9 Å². The molecule has 1 aromatic carbocycles. The van der Waals surface area contributed by atoms with E-state index in [1.165, 1.54) is 0 Å². The molecule has 0 aromatic heterocycles. The molecule has 0 saturated carbocycles. The number of aliphatic hydroxyl groups is 1. The zero-order valence-electron chi connectivity index (χ0n) is 8.44. The van der Waals surface area contributed by atoms with Crippen molar-refractivity contribution in [2.45, 2.75) is 19.4 Å². The predicted molar refractivity (Wildman–Crippen MR) is 57.8 cm³/mol. The summed E-state index contributed by atoms with van der Waals surface area (Å²) in [6.45, 7) is 1.96. The van der Waals surface area contributed by atoms with Crippen LogP contribution in [0, 0.1) is 0 Å². The summed E-state index contributed by atoms with van der Waals surface area (Å²) >= 11 is 5.89. The highest BCUT2D eigenvalue weighted by Gasteiger charge is 2.17. The molecule has 0 bridgehead atoms. The summed E-state index contributed by atoms with van der Waals surface area (Å²) < 4.78 is 4.68. The number of aliphatic hydroxyl groups excluding tert-OH is 1. The molecule has 0 aliphatic heterocycles. The first-order valence-electron chi connectivity index (χ1n) is 4.73. The van der Waals surface area contributed by atoms with Crippen molar-refractivity contribution >= 4 is 17.6 Å². The first-order chi connectivity index (χ1) is 7.15. The van der Waals surface area contributed by atoms with E-state index in [1.807, 2.05) is 0 Å². The molecule has 0 spiro atoms. The van der Waals surface area contributed by atoms with Gasteiger partial charge in [0.25, 0.3) is 0 Å². The minimum atomic E-state index is -1.15. The lowest BCUT2D eigenvalue weighted by Crippen LogP contribution is -2.25. The topological polar surface area (TPSA) is 46.5 Å². The molecule has 4 heteroatoms. The van der Waals surface area contributed by atoms with Gasteiger partial charge in [-0.3, -0.25) is 0 Å². The van der Waals surface area contributed by atoms with Gasteiger partial charge in [0, 0.05) is 11.4 Å². The van der Waals surface area contributed by atoms with E-state index in [-0.39, 0.29) is 13.0 Å². The largest absolute Gasteiger partial charge is 0.464 e. The number of ether oxygens (including phenoxy) is 1. The Kier molecular flexibility index (Phi) is 4.59. The van der Waals surface area contributed by atoms with E-state index in [0.717, 1.165) is 5.56 Å². The van der Waals surface area contributed by atoms with Crippen molar-refractivity contribution in [2.24, 2.45) is 0 Å². The van der Waals surface area contributed by atoms with Gasteiger partial charge in [0.15, 0.2) is 6.10 Å². The Balaban J connectivity index is 2.62. The van der Waals surface area contributed by atoms with Crippen LogP contribution in [0.2, 0.25) is 5.02 Å². The van der Waals surface area contributed by atoms with Gasteiger partial charge < -0.3 is 9.84 Å². The molecular formula is C11H13ClO3. The number of benzene rings is 1. The Hall–Kier alpha value is -1.06. The van der Waals surface area contributed by atoms with Crippen LogP contribution >= 0.6 is 11.6 Å². The van der Waals surface area contributed by atoms with Gasteiger partial charge in [0.1, 0.15) is 0 Å². The zero-order chi connectivity index (χ0) is 11.3. The van der Waals surface area contributed by atoms with Gasteiger partial charge in [-0.1, -0.05) is 29.8 Å². The van der Waals surface area contributed by atoms with E-state index in [4.69, 9.17) is 11.6 Å². The first-order valence-corrected chi connectivity index (χ1v) is 5.11. The molecule has 1 atom stereocenters. The fourth-order valence-electron chi connectivity index (χ4n) is 1.19. The van der Waals surface area contributed by atoms with Crippen molar-refractivity contribution in [1.29, 1.82) is 0 Å². The van der Waals surface area contributed by atoms with E-state index in [9.17, 15) is 9.90 Å². The Morgan fingerprint density at radius 2 is 2.20 bits per heavy atom. The van der Waals surface area contributed by atoms with Crippen LogP contribution in [-0.2, 0) is 16.0 Å². The van der Waals surface area contributed by atoms with Crippen LogP contribution in [0.4, 0.5) is 0 Å². The minimum Gasteiger partial charge on any atom is -0.464 e. The lowest BCUT2D eigenvalue weighted by molar-refractivity contribution is -0.152. The van der Waals surface area contributed by atoms with Gasteiger partial charge >= 0.3 is 5.97 Å². The third kappa shape index (κ3) is 3.53. The SMILES string of the molecule is CCOC(=O)C(O)Cc1ccccc1Cl. The van der Waals surface area contributed by atoms with E-state index in [1.54, 1.807) is 31.2 Å². The molecule has 1 rings (SSSR count). The smallest absolute Gasteiger partial charge is 0.335 e. The summed E-state index contributed by atoms with van der Waals surface area (Å²) in [5.74, 6) is -0.614. The predicted octanol–water partition coefficient (Wildman–Crippen LogP) is 1.81. The summed E-state index contributed by atoms with van der Waals surface area (Å²) in [5.41, 5.74) is 0.736. The maximum Gasteiger partial charge on any atom is 0.335 e.